The molecular formula is C10H10Cl2F2O. The minimum absolute atomic E-state index is 0.280. The Morgan fingerprint density at radius 3 is 2.47 bits per heavy atom. The van der Waals surface area contributed by atoms with Crippen LogP contribution in [-0.2, 0) is 11.2 Å². The van der Waals surface area contributed by atoms with Crippen molar-refractivity contribution in [3.8, 4) is 0 Å². The van der Waals surface area contributed by atoms with Crippen molar-refractivity contribution >= 4 is 23.2 Å². The summed E-state index contributed by atoms with van der Waals surface area (Å²) >= 11 is 11.4. The molecule has 0 atom stereocenters. The van der Waals surface area contributed by atoms with Crippen LogP contribution in [0.1, 0.15) is 5.56 Å². The summed E-state index contributed by atoms with van der Waals surface area (Å²) in [5.74, 6) is -2.88. The van der Waals surface area contributed by atoms with Crippen molar-refractivity contribution in [3.63, 3.8) is 0 Å². The third-order valence-electron chi connectivity index (χ3n) is 1.80. The molecule has 0 amide bonds. The maximum atomic E-state index is 13.1. The van der Waals surface area contributed by atoms with Crippen LogP contribution in [0.15, 0.2) is 18.2 Å². The Bertz CT molecular complexity index is 342. The number of ether oxygens (including phenoxy) is 1. The van der Waals surface area contributed by atoms with Gasteiger partial charge in [-0.25, -0.2) is 8.78 Å². The van der Waals surface area contributed by atoms with E-state index in [0.29, 0.717) is 10.6 Å². The lowest BCUT2D eigenvalue weighted by Crippen LogP contribution is -2.25. The number of hydrogen-bond donors (Lipinski definition) is 0. The highest BCUT2D eigenvalue weighted by molar-refractivity contribution is 6.42. The lowest BCUT2D eigenvalue weighted by atomic mass is 10.1. The van der Waals surface area contributed by atoms with Gasteiger partial charge in [0, 0.05) is 13.5 Å². The molecule has 0 aromatic heterocycles. The average Bonchev–Trinajstić information content (AvgIpc) is 2.10. The second-order valence-corrected chi connectivity index (χ2v) is 4.03. The predicted octanol–water partition coefficient (Wildman–Crippen LogP) is 3.82. The molecule has 0 saturated carbocycles. The number of methoxy groups -OCH3 is 1. The first-order valence-corrected chi connectivity index (χ1v) is 5.01. The minimum Gasteiger partial charge on any atom is -0.378 e. The van der Waals surface area contributed by atoms with Gasteiger partial charge < -0.3 is 4.74 Å². The van der Waals surface area contributed by atoms with E-state index in [4.69, 9.17) is 23.2 Å². The highest BCUT2D eigenvalue weighted by Crippen LogP contribution is 2.26. The van der Waals surface area contributed by atoms with E-state index in [2.05, 4.69) is 4.74 Å². The maximum Gasteiger partial charge on any atom is 0.274 e. The normalized spacial score (nSPS) is 11.8. The smallest absolute Gasteiger partial charge is 0.274 e. The molecule has 0 spiro atoms. The van der Waals surface area contributed by atoms with Crippen LogP contribution in [0.5, 0.6) is 0 Å². The van der Waals surface area contributed by atoms with Gasteiger partial charge in [0.15, 0.2) is 0 Å². The third-order valence-corrected chi connectivity index (χ3v) is 2.54. The zero-order valence-corrected chi connectivity index (χ0v) is 9.58. The summed E-state index contributed by atoms with van der Waals surface area (Å²) in [6.07, 6.45) is -0.405. The van der Waals surface area contributed by atoms with Gasteiger partial charge in [0.2, 0.25) is 0 Å². The molecule has 0 aliphatic heterocycles. The van der Waals surface area contributed by atoms with Gasteiger partial charge in [0.25, 0.3) is 5.92 Å². The van der Waals surface area contributed by atoms with E-state index < -0.39 is 19.0 Å². The van der Waals surface area contributed by atoms with Crippen molar-refractivity contribution in [3.05, 3.63) is 33.8 Å². The molecule has 0 fully saturated rings. The van der Waals surface area contributed by atoms with Crippen LogP contribution in [0.3, 0.4) is 0 Å². The summed E-state index contributed by atoms with van der Waals surface area (Å²) in [6.45, 7) is -0.604. The summed E-state index contributed by atoms with van der Waals surface area (Å²) in [7, 11) is 1.24. The second kappa shape index (κ2) is 5.10. The largest absolute Gasteiger partial charge is 0.378 e. The highest BCUT2D eigenvalue weighted by Gasteiger charge is 2.29. The summed E-state index contributed by atoms with van der Waals surface area (Å²) in [6, 6.07) is 4.47. The third kappa shape index (κ3) is 3.93. The SMILES string of the molecule is COCC(F)(F)Cc1ccc(Cl)c(Cl)c1. The van der Waals surface area contributed by atoms with Gasteiger partial charge in [0.05, 0.1) is 10.0 Å². The van der Waals surface area contributed by atoms with Gasteiger partial charge in [-0.3, -0.25) is 0 Å². The van der Waals surface area contributed by atoms with Crippen LogP contribution >= 0.6 is 23.2 Å². The van der Waals surface area contributed by atoms with Crippen molar-refractivity contribution in [2.45, 2.75) is 12.3 Å². The summed E-state index contributed by atoms with van der Waals surface area (Å²) < 4.78 is 30.7. The quantitative estimate of drug-likeness (QED) is 0.794. The Hall–Kier alpha value is -0.380. The predicted molar refractivity (Wildman–Crippen MR) is 57.0 cm³/mol. The molecule has 1 nitrogen and oxygen atoms in total. The molecule has 0 unspecified atom stereocenters. The second-order valence-electron chi connectivity index (χ2n) is 3.21. The van der Waals surface area contributed by atoms with Crippen molar-refractivity contribution in [2.75, 3.05) is 13.7 Å². The van der Waals surface area contributed by atoms with Gasteiger partial charge in [0.1, 0.15) is 6.61 Å². The molecule has 1 rings (SSSR count). The fourth-order valence-corrected chi connectivity index (χ4v) is 1.53. The molecule has 0 heterocycles. The Labute approximate surface area is 96.9 Å². The fraction of sp³-hybridized carbons (Fsp3) is 0.400. The van der Waals surface area contributed by atoms with Gasteiger partial charge >= 0.3 is 0 Å². The fourth-order valence-electron chi connectivity index (χ4n) is 1.21. The standard InChI is InChI=1S/C10H10Cl2F2O/c1-15-6-10(13,14)5-7-2-3-8(11)9(12)4-7/h2-4H,5-6H2,1H3. The summed E-state index contributed by atoms with van der Waals surface area (Å²) in [4.78, 5) is 0. The van der Waals surface area contributed by atoms with Crippen LogP contribution in [0.4, 0.5) is 8.78 Å². The van der Waals surface area contributed by atoms with Gasteiger partial charge in [-0.2, -0.15) is 0 Å². The monoisotopic (exact) mass is 254 g/mol. The molecular weight excluding hydrogens is 245 g/mol. The Balaban J connectivity index is 2.76. The van der Waals surface area contributed by atoms with E-state index in [0.717, 1.165) is 0 Å². The molecule has 0 aliphatic carbocycles. The van der Waals surface area contributed by atoms with Crippen LogP contribution < -0.4 is 0 Å². The van der Waals surface area contributed by atoms with Crippen molar-refractivity contribution in [1.82, 2.24) is 0 Å². The Morgan fingerprint density at radius 2 is 1.93 bits per heavy atom. The molecule has 0 saturated heterocycles. The van der Waals surface area contributed by atoms with E-state index in [1.165, 1.54) is 25.3 Å². The van der Waals surface area contributed by atoms with E-state index in [1.807, 2.05) is 0 Å². The zero-order valence-electron chi connectivity index (χ0n) is 8.07. The first-order chi connectivity index (χ1) is 6.94. The molecule has 0 radical (unpaired) electrons. The number of alkyl halides is 2. The van der Waals surface area contributed by atoms with Crippen LogP contribution in [0, 0.1) is 0 Å². The molecule has 84 valence electrons. The molecule has 15 heavy (non-hydrogen) atoms. The molecule has 1 aromatic rings. The molecule has 0 aliphatic rings. The molecule has 5 heteroatoms. The molecule has 1 aromatic carbocycles. The van der Waals surface area contributed by atoms with Crippen LogP contribution in [0.2, 0.25) is 10.0 Å². The number of halogens is 4. The summed E-state index contributed by atoms with van der Waals surface area (Å²) in [5, 5.41) is 0.637. The van der Waals surface area contributed by atoms with Crippen LogP contribution in [0.25, 0.3) is 0 Å². The van der Waals surface area contributed by atoms with E-state index in [-0.39, 0.29) is 5.02 Å². The maximum absolute atomic E-state index is 13.1. The minimum atomic E-state index is -2.88. The van der Waals surface area contributed by atoms with Crippen molar-refractivity contribution in [1.29, 1.82) is 0 Å². The van der Waals surface area contributed by atoms with E-state index in [1.54, 1.807) is 0 Å². The van der Waals surface area contributed by atoms with E-state index in [9.17, 15) is 8.78 Å². The first kappa shape index (κ1) is 12.7. The van der Waals surface area contributed by atoms with Crippen LogP contribution in [-0.4, -0.2) is 19.6 Å². The highest BCUT2D eigenvalue weighted by atomic mass is 35.5. The molecule has 0 bridgehead atoms. The topological polar surface area (TPSA) is 9.23 Å². The Morgan fingerprint density at radius 1 is 1.27 bits per heavy atom. The number of hydrogen-bond acceptors (Lipinski definition) is 1. The van der Waals surface area contributed by atoms with Crippen molar-refractivity contribution in [2.24, 2.45) is 0 Å². The lowest BCUT2D eigenvalue weighted by molar-refractivity contribution is -0.0630. The number of rotatable bonds is 4. The number of benzene rings is 1. The van der Waals surface area contributed by atoms with Gasteiger partial charge in [-0.1, -0.05) is 29.3 Å². The van der Waals surface area contributed by atoms with Gasteiger partial charge in [-0.15, -0.1) is 0 Å². The molecule has 0 N–H and O–H groups in total. The van der Waals surface area contributed by atoms with Crippen molar-refractivity contribution < 1.29 is 13.5 Å². The zero-order chi connectivity index (χ0) is 11.5. The summed E-state index contributed by atoms with van der Waals surface area (Å²) in [5.41, 5.74) is 0.437. The van der Waals surface area contributed by atoms with Gasteiger partial charge in [-0.05, 0) is 17.7 Å². The lowest BCUT2D eigenvalue weighted by Gasteiger charge is -2.15. The first-order valence-electron chi connectivity index (χ1n) is 4.25. The van der Waals surface area contributed by atoms with E-state index >= 15 is 0 Å². The average molecular weight is 255 g/mol. The Kier molecular flexibility index (Phi) is 4.32.